The zero-order chi connectivity index (χ0) is 10.5. The molecule has 82 valence electrons. The van der Waals surface area contributed by atoms with Gasteiger partial charge in [-0.2, -0.15) is 5.10 Å². The van der Waals surface area contributed by atoms with Crippen molar-refractivity contribution in [3.8, 4) is 0 Å². The Bertz CT molecular complexity index is 298. The second-order valence-corrected chi connectivity index (χ2v) is 3.66. The molecule has 1 aromatic rings. The van der Waals surface area contributed by atoms with Crippen molar-refractivity contribution in [1.29, 1.82) is 0 Å². The second-order valence-electron chi connectivity index (χ2n) is 3.66. The summed E-state index contributed by atoms with van der Waals surface area (Å²) in [5, 5.41) is 4.07. The van der Waals surface area contributed by atoms with Crippen LogP contribution in [-0.2, 0) is 11.3 Å². The third kappa shape index (κ3) is 2.87. The fourth-order valence-corrected chi connectivity index (χ4v) is 1.77. The van der Waals surface area contributed by atoms with Crippen LogP contribution in [0.15, 0.2) is 25.3 Å². The summed E-state index contributed by atoms with van der Waals surface area (Å²) in [6, 6.07) is 0. The van der Waals surface area contributed by atoms with Crippen LogP contribution in [0.5, 0.6) is 0 Å². The van der Waals surface area contributed by atoms with Crippen molar-refractivity contribution in [2.75, 3.05) is 26.2 Å². The van der Waals surface area contributed by atoms with Crippen molar-refractivity contribution in [2.24, 2.45) is 0 Å². The Morgan fingerprint density at radius 1 is 1.60 bits per heavy atom. The van der Waals surface area contributed by atoms with Gasteiger partial charge in [-0.3, -0.25) is 9.58 Å². The number of ether oxygens (including phenoxy) is 1. The van der Waals surface area contributed by atoms with Gasteiger partial charge in [-0.15, -0.1) is 6.58 Å². The van der Waals surface area contributed by atoms with Crippen molar-refractivity contribution in [3.05, 3.63) is 25.3 Å². The Hall–Kier alpha value is -1.20. The minimum absolute atomic E-state index is 0.209. The van der Waals surface area contributed by atoms with Gasteiger partial charge < -0.3 is 4.74 Å². The van der Waals surface area contributed by atoms with Crippen LogP contribution >= 0.6 is 0 Å². The van der Waals surface area contributed by atoms with Crippen LogP contribution in [0.25, 0.3) is 0 Å². The molecular weight excluding hydrogens is 192 g/mol. The molecule has 0 saturated carbocycles. The predicted molar refractivity (Wildman–Crippen MR) is 56.4 cm³/mol. The molecule has 0 aromatic carbocycles. The maximum atomic E-state index is 5.66. The minimum Gasteiger partial charge on any atom is -0.374 e. The van der Waals surface area contributed by atoms with Crippen molar-refractivity contribution in [2.45, 2.75) is 12.6 Å². The van der Waals surface area contributed by atoms with Gasteiger partial charge in [0.25, 0.3) is 0 Å². The second kappa shape index (κ2) is 5.04. The molecule has 1 atom stereocenters. The summed E-state index contributed by atoms with van der Waals surface area (Å²) < 4.78 is 7.47. The first-order chi connectivity index (χ1) is 7.38. The third-order valence-corrected chi connectivity index (χ3v) is 2.47. The molecule has 0 bridgehead atoms. The van der Waals surface area contributed by atoms with E-state index in [1.54, 1.807) is 12.7 Å². The Balaban J connectivity index is 1.84. The van der Waals surface area contributed by atoms with E-state index in [0.717, 1.165) is 32.8 Å². The molecule has 2 rings (SSSR count). The van der Waals surface area contributed by atoms with Gasteiger partial charge in [-0.05, 0) is 0 Å². The first kappa shape index (κ1) is 10.3. The Kier molecular flexibility index (Phi) is 3.47. The summed E-state index contributed by atoms with van der Waals surface area (Å²) in [6.07, 6.45) is 5.40. The molecule has 0 amide bonds. The summed E-state index contributed by atoms with van der Waals surface area (Å²) in [4.78, 5) is 6.24. The lowest BCUT2D eigenvalue weighted by Gasteiger charge is -2.31. The lowest BCUT2D eigenvalue weighted by Crippen LogP contribution is -2.44. The topological polar surface area (TPSA) is 43.2 Å². The summed E-state index contributed by atoms with van der Waals surface area (Å²) in [6.45, 7) is 8.15. The van der Waals surface area contributed by atoms with E-state index in [-0.39, 0.29) is 6.10 Å². The van der Waals surface area contributed by atoms with Crippen LogP contribution in [0.3, 0.4) is 0 Å². The highest BCUT2D eigenvalue weighted by atomic mass is 16.5. The molecule has 0 radical (unpaired) electrons. The van der Waals surface area contributed by atoms with Gasteiger partial charge in [-0.25, -0.2) is 4.98 Å². The Morgan fingerprint density at radius 3 is 3.27 bits per heavy atom. The van der Waals surface area contributed by atoms with Crippen LogP contribution in [-0.4, -0.2) is 52.0 Å². The van der Waals surface area contributed by atoms with E-state index in [1.165, 1.54) is 0 Å². The van der Waals surface area contributed by atoms with E-state index in [4.69, 9.17) is 4.74 Å². The van der Waals surface area contributed by atoms with E-state index in [2.05, 4.69) is 21.6 Å². The molecular formula is C10H16N4O. The van der Waals surface area contributed by atoms with E-state index in [0.29, 0.717) is 0 Å². The summed E-state index contributed by atoms with van der Waals surface area (Å²) in [5.41, 5.74) is 0. The molecule has 1 aliphatic heterocycles. The van der Waals surface area contributed by atoms with E-state index in [1.807, 2.05) is 10.8 Å². The molecule has 0 spiro atoms. The number of hydrogen-bond donors (Lipinski definition) is 0. The van der Waals surface area contributed by atoms with Gasteiger partial charge in [0.1, 0.15) is 12.7 Å². The maximum absolute atomic E-state index is 5.66. The number of aromatic nitrogens is 3. The summed E-state index contributed by atoms with van der Waals surface area (Å²) in [7, 11) is 0. The molecule has 15 heavy (non-hydrogen) atoms. The van der Waals surface area contributed by atoms with E-state index in [9.17, 15) is 0 Å². The average molecular weight is 208 g/mol. The molecule has 1 aliphatic rings. The smallest absolute Gasteiger partial charge is 0.137 e. The molecule has 0 aliphatic carbocycles. The van der Waals surface area contributed by atoms with Crippen LogP contribution in [0.1, 0.15) is 0 Å². The highest BCUT2D eigenvalue weighted by molar-refractivity contribution is 4.78. The zero-order valence-electron chi connectivity index (χ0n) is 8.75. The normalized spacial score (nSPS) is 22.8. The van der Waals surface area contributed by atoms with Gasteiger partial charge in [-0.1, -0.05) is 6.08 Å². The first-order valence-electron chi connectivity index (χ1n) is 5.16. The highest BCUT2D eigenvalue weighted by Crippen LogP contribution is 2.06. The minimum atomic E-state index is 0.209. The van der Waals surface area contributed by atoms with Gasteiger partial charge >= 0.3 is 0 Å². The van der Waals surface area contributed by atoms with Gasteiger partial charge in [0.15, 0.2) is 0 Å². The lowest BCUT2D eigenvalue weighted by atomic mass is 10.2. The van der Waals surface area contributed by atoms with Gasteiger partial charge in [0.05, 0.1) is 19.3 Å². The number of rotatable bonds is 4. The van der Waals surface area contributed by atoms with Gasteiger partial charge in [0.2, 0.25) is 0 Å². The molecule has 5 heteroatoms. The average Bonchev–Trinajstić information content (AvgIpc) is 2.71. The quantitative estimate of drug-likeness (QED) is 0.661. The Morgan fingerprint density at radius 2 is 2.53 bits per heavy atom. The van der Waals surface area contributed by atoms with E-state index < -0.39 is 0 Å². The van der Waals surface area contributed by atoms with Crippen molar-refractivity contribution in [1.82, 2.24) is 19.7 Å². The Labute approximate surface area is 89.4 Å². The molecule has 1 aromatic heterocycles. The van der Waals surface area contributed by atoms with Crippen LogP contribution in [0, 0.1) is 0 Å². The largest absolute Gasteiger partial charge is 0.374 e. The maximum Gasteiger partial charge on any atom is 0.137 e. The molecule has 0 N–H and O–H groups in total. The fraction of sp³-hybridized carbons (Fsp3) is 0.600. The molecule has 2 heterocycles. The zero-order valence-corrected chi connectivity index (χ0v) is 8.75. The monoisotopic (exact) mass is 208 g/mol. The molecule has 1 saturated heterocycles. The van der Waals surface area contributed by atoms with Crippen molar-refractivity contribution >= 4 is 0 Å². The number of morpholine rings is 1. The van der Waals surface area contributed by atoms with Crippen LogP contribution in [0.2, 0.25) is 0 Å². The number of nitrogens with zero attached hydrogens (tertiary/aromatic N) is 4. The summed E-state index contributed by atoms with van der Waals surface area (Å²) >= 11 is 0. The van der Waals surface area contributed by atoms with Gasteiger partial charge in [0, 0.05) is 19.6 Å². The number of hydrogen-bond acceptors (Lipinski definition) is 4. The fourth-order valence-electron chi connectivity index (χ4n) is 1.77. The third-order valence-electron chi connectivity index (χ3n) is 2.47. The SMILES string of the molecule is C=CCN1CCO[C@H](Cn2cncn2)C1. The van der Waals surface area contributed by atoms with Crippen LogP contribution in [0.4, 0.5) is 0 Å². The molecule has 0 unspecified atom stereocenters. The van der Waals surface area contributed by atoms with Crippen molar-refractivity contribution < 1.29 is 4.74 Å². The predicted octanol–water partition coefficient (Wildman–Crippen LogP) is 0.165. The lowest BCUT2D eigenvalue weighted by molar-refractivity contribution is -0.0338. The van der Waals surface area contributed by atoms with E-state index >= 15 is 0 Å². The highest BCUT2D eigenvalue weighted by Gasteiger charge is 2.19. The molecule has 1 fully saturated rings. The first-order valence-corrected chi connectivity index (χ1v) is 5.16. The van der Waals surface area contributed by atoms with Crippen molar-refractivity contribution in [3.63, 3.8) is 0 Å². The standard InChI is InChI=1S/C10H16N4O/c1-2-3-13-4-5-15-10(6-13)7-14-9-11-8-12-14/h2,8-10H,1,3-7H2/t10-/m0/s1. The summed E-state index contributed by atoms with van der Waals surface area (Å²) in [5.74, 6) is 0. The van der Waals surface area contributed by atoms with Crippen LogP contribution < -0.4 is 0 Å². The molecule has 5 nitrogen and oxygen atoms in total.